The van der Waals surface area contributed by atoms with Gasteiger partial charge in [0.25, 0.3) is 0 Å². The number of hydrogen-bond acceptors (Lipinski definition) is 16. The van der Waals surface area contributed by atoms with Crippen molar-refractivity contribution in [2.45, 2.75) is 193 Å². The molecule has 0 aromatic heterocycles. The number of hydrogen-bond donors (Lipinski definition) is 4. The number of ether oxygens (including phenoxy) is 7. The Morgan fingerprint density at radius 3 is 2.11 bits per heavy atom. The van der Waals surface area contributed by atoms with Crippen molar-refractivity contribution in [3.63, 3.8) is 0 Å². The van der Waals surface area contributed by atoms with Crippen molar-refractivity contribution in [1.82, 2.24) is 4.90 Å². The van der Waals surface area contributed by atoms with Crippen molar-refractivity contribution in [3.8, 4) is 0 Å². The van der Waals surface area contributed by atoms with Crippen LogP contribution in [0.15, 0.2) is 5.16 Å². The molecule has 332 valence electrons. The van der Waals surface area contributed by atoms with E-state index in [4.69, 9.17) is 38.0 Å². The van der Waals surface area contributed by atoms with Gasteiger partial charge < -0.3 is 63.3 Å². The number of rotatable bonds is 10. The Kier molecular flexibility index (Phi) is 17.4. The topological polar surface area (TPSA) is 204 Å². The van der Waals surface area contributed by atoms with Crippen LogP contribution in [-0.4, -0.2) is 155 Å². The summed E-state index contributed by atoms with van der Waals surface area (Å²) >= 11 is 0. The molecule has 16 nitrogen and oxygen atoms in total. The quantitative estimate of drug-likeness (QED) is 0.185. The van der Waals surface area contributed by atoms with Gasteiger partial charge in [-0.2, -0.15) is 0 Å². The maximum absolute atomic E-state index is 14.3. The van der Waals surface area contributed by atoms with Gasteiger partial charge in [0, 0.05) is 38.2 Å². The molecule has 3 aliphatic rings. The largest absolute Gasteiger partial charge is 0.459 e. The zero-order valence-electron chi connectivity index (χ0n) is 37.0. The normalized spacial score (nSPS) is 46.3. The number of carbonyl (C=O) groups excluding carboxylic acids is 2. The lowest BCUT2D eigenvalue weighted by molar-refractivity contribution is -0.318. The highest BCUT2D eigenvalue weighted by atomic mass is 16.7. The summed E-state index contributed by atoms with van der Waals surface area (Å²) in [5, 5.41) is 51.9. The van der Waals surface area contributed by atoms with Gasteiger partial charge in [0.05, 0.1) is 59.4 Å². The van der Waals surface area contributed by atoms with E-state index < -0.39 is 108 Å². The van der Waals surface area contributed by atoms with E-state index in [-0.39, 0.29) is 38.0 Å². The molecular weight excluding hydrogens is 744 g/mol. The Bertz CT molecular complexity index is 1350. The number of carbonyl (C=O) groups is 2. The summed E-state index contributed by atoms with van der Waals surface area (Å²) < 4.78 is 43.9. The first-order valence-corrected chi connectivity index (χ1v) is 20.6. The van der Waals surface area contributed by atoms with E-state index in [2.05, 4.69) is 5.16 Å². The molecule has 0 bridgehead atoms. The van der Waals surface area contributed by atoms with Gasteiger partial charge in [-0.3, -0.25) is 9.59 Å². The number of oxime groups is 1. The third-order valence-electron chi connectivity index (χ3n) is 12.4. The number of cyclic esters (lactones) is 1. The molecule has 4 N–H and O–H groups in total. The molecule has 0 spiro atoms. The van der Waals surface area contributed by atoms with Gasteiger partial charge in [0.2, 0.25) is 0 Å². The maximum atomic E-state index is 14.3. The minimum atomic E-state index is -1.93. The summed E-state index contributed by atoms with van der Waals surface area (Å²) in [5.74, 6) is -4.56. The van der Waals surface area contributed by atoms with E-state index in [0.717, 1.165) is 0 Å². The van der Waals surface area contributed by atoms with Crippen molar-refractivity contribution >= 4 is 17.7 Å². The molecule has 18 atom stereocenters. The summed E-state index contributed by atoms with van der Waals surface area (Å²) in [6.45, 7) is 20.4. The molecule has 0 aromatic carbocycles. The van der Waals surface area contributed by atoms with Gasteiger partial charge in [0.1, 0.15) is 24.4 Å². The second-order valence-electron chi connectivity index (χ2n) is 17.6. The van der Waals surface area contributed by atoms with E-state index in [0.29, 0.717) is 12.1 Å². The second kappa shape index (κ2) is 20.0. The summed E-state index contributed by atoms with van der Waals surface area (Å²) in [4.78, 5) is 34.3. The molecule has 16 heteroatoms. The van der Waals surface area contributed by atoms with Crippen molar-refractivity contribution in [1.29, 1.82) is 0 Å². The maximum Gasteiger partial charge on any atom is 0.311 e. The zero-order valence-corrected chi connectivity index (χ0v) is 37.0. The average Bonchev–Trinajstić information content (AvgIpc) is 3.12. The van der Waals surface area contributed by atoms with Crippen molar-refractivity contribution in [2.24, 2.45) is 28.8 Å². The Morgan fingerprint density at radius 1 is 0.930 bits per heavy atom. The van der Waals surface area contributed by atoms with E-state index in [1.807, 2.05) is 32.8 Å². The summed E-state index contributed by atoms with van der Waals surface area (Å²) in [5.41, 5.74) is -4.38. The molecule has 0 amide bonds. The summed E-state index contributed by atoms with van der Waals surface area (Å²) in [6, 6.07) is -0.303. The lowest BCUT2D eigenvalue weighted by Crippen LogP contribution is -2.61. The second-order valence-corrected chi connectivity index (χ2v) is 17.6. The highest BCUT2D eigenvalue weighted by Gasteiger charge is 2.54. The molecule has 0 radical (unpaired) electrons. The van der Waals surface area contributed by atoms with E-state index in [9.17, 15) is 30.0 Å². The average molecular weight is 819 g/mol. The van der Waals surface area contributed by atoms with Crippen LogP contribution in [0.5, 0.6) is 0 Å². The third-order valence-corrected chi connectivity index (χ3v) is 12.4. The fraction of sp³-hybridized carbons (Fsp3) is 0.927. The molecule has 3 saturated heterocycles. The van der Waals surface area contributed by atoms with Crippen LogP contribution in [-0.2, 0) is 47.6 Å². The monoisotopic (exact) mass is 819 g/mol. The Labute approximate surface area is 339 Å². The molecule has 3 fully saturated rings. The van der Waals surface area contributed by atoms with E-state index >= 15 is 0 Å². The molecule has 0 aliphatic carbocycles. The van der Waals surface area contributed by atoms with Crippen LogP contribution in [0.4, 0.5) is 0 Å². The molecule has 57 heavy (non-hydrogen) atoms. The van der Waals surface area contributed by atoms with Crippen LogP contribution in [0.2, 0.25) is 0 Å². The van der Waals surface area contributed by atoms with Crippen LogP contribution in [0.25, 0.3) is 0 Å². The molecule has 0 aromatic rings. The Morgan fingerprint density at radius 2 is 1.56 bits per heavy atom. The van der Waals surface area contributed by atoms with Crippen LogP contribution < -0.4 is 0 Å². The summed E-state index contributed by atoms with van der Waals surface area (Å²) in [6.07, 6.45) is -9.17. The minimum Gasteiger partial charge on any atom is -0.459 e. The number of likely N-dealkylation sites (N-methyl/N-ethyl adjacent to an activating group) is 1. The predicted molar refractivity (Wildman–Crippen MR) is 210 cm³/mol. The Balaban J connectivity index is 2.29. The van der Waals surface area contributed by atoms with Crippen molar-refractivity contribution in [2.75, 3.05) is 27.8 Å². The van der Waals surface area contributed by atoms with Gasteiger partial charge in [0.15, 0.2) is 18.7 Å². The first-order chi connectivity index (χ1) is 26.4. The number of esters is 2. The third kappa shape index (κ3) is 11.4. The molecular formula is C41H74N2O14. The smallest absolute Gasteiger partial charge is 0.311 e. The van der Waals surface area contributed by atoms with Crippen LogP contribution in [0.1, 0.15) is 109 Å². The highest BCUT2D eigenvalue weighted by molar-refractivity contribution is 5.88. The highest BCUT2D eigenvalue weighted by Crippen LogP contribution is 2.41. The number of nitrogens with zero attached hydrogens (tertiary/aromatic N) is 2. The van der Waals surface area contributed by atoms with E-state index in [1.54, 1.807) is 55.4 Å². The fourth-order valence-electron chi connectivity index (χ4n) is 9.04. The summed E-state index contributed by atoms with van der Waals surface area (Å²) in [7, 11) is 5.24. The van der Waals surface area contributed by atoms with Crippen LogP contribution >= 0.6 is 0 Å². The molecule has 3 heterocycles. The molecule has 0 saturated carbocycles. The predicted octanol–water partition coefficient (Wildman–Crippen LogP) is 3.18. The Hall–Kier alpha value is -1.99. The number of methoxy groups -OCH3 is 1. The first kappa shape index (κ1) is 49.4. The van der Waals surface area contributed by atoms with Gasteiger partial charge in [-0.15, -0.1) is 0 Å². The number of aliphatic hydroxyl groups excluding tert-OH is 2. The molecule has 2 unspecified atom stereocenters. The SMILES string of the molecule is CCON=C1[C@H](C)C[C@@](C)(O)[C@H](OC2O[C@H](C)C[C@H](N(C)C)[C@H]2OC(C)=O)[C@@H](C)[C@H](OC2C[C@@](C)(OC)[C@@H](O)[C@H](C)O2)[C@@H](C)C(=O)O[C@H](CC)[C@@](C)(O)[C@H](O)[C@H]1C. The lowest BCUT2D eigenvalue weighted by atomic mass is 9.73. The van der Waals surface area contributed by atoms with E-state index in [1.165, 1.54) is 21.0 Å². The molecule has 3 aliphatic heterocycles. The molecule has 3 rings (SSSR count). The lowest BCUT2D eigenvalue weighted by Gasteiger charge is -2.49. The number of aliphatic hydroxyl groups is 4. The van der Waals surface area contributed by atoms with Gasteiger partial charge in [-0.1, -0.05) is 32.9 Å². The van der Waals surface area contributed by atoms with Gasteiger partial charge in [-0.25, -0.2) is 0 Å². The van der Waals surface area contributed by atoms with Crippen molar-refractivity contribution < 1.29 is 68.0 Å². The van der Waals surface area contributed by atoms with Crippen LogP contribution in [0.3, 0.4) is 0 Å². The fourth-order valence-corrected chi connectivity index (χ4v) is 9.04. The standard InChI is InChI=1S/C41H74N2O14/c1-16-29-41(12,49)34(45)23(5)31(42-51-17-2)21(3)19-39(10,48)36(57-38-33(54-27(9)44)28(43(13)14)18-22(4)52-38)24(6)32(25(7)37(47)55-29)56-30-20-40(11,50-15)35(46)26(8)53-30/h21-26,28-30,32-36,38,45-46,48-49H,16-20H2,1-15H3/t21-,22-,23+,24+,25-,26+,28+,29-,30?,32+,33-,34-,35+,36-,38?,39-,40-,41-/m1/s1. The van der Waals surface area contributed by atoms with Crippen LogP contribution in [0, 0.1) is 23.7 Å². The zero-order chi connectivity index (χ0) is 43.4. The first-order valence-electron chi connectivity index (χ1n) is 20.6. The van der Waals surface area contributed by atoms with Gasteiger partial charge in [-0.05, 0) is 81.8 Å². The minimum absolute atomic E-state index is 0.00160. The van der Waals surface area contributed by atoms with Crippen molar-refractivity contribution in [3.05, 3.63) is 0 Å². The van der Waals surface area contributed by atoms with Gasteiger partial charge >= 0.3 is 11.9 Å².